The Labute approximate surface area is 197 Å². The third kappa shape index (κ3) is 6.07. The molecule has 33 heavy (non-hydrogen) atoms. The molecule has 4 aromatic rings. The fraction of sp³-hybridized carbons (Fsp3) is 0.172. The van der Waals surface area contributed by atoms with Gasteiger partial charge in [0.15, 0.2) is 0 Å². The van der Waals surface area contributed by atoms with Crippen molar-refractivity contribution in [2.24, 2.45) is 0 Å². The zero-order chi connectivity index (χ0) is 24.0. The summed E-state index contributed by atoms with van der Waals surface area (Å²) < 4.78 is 0. The minimum Gasteiger partial charge on any atom is -0.399 e. The van der Waals surface area contributed by atoms with Gasteiger partial charge in [0, 0.05) is 34.1 Å². The molecule has 4 heteroatoms. The molecule has 4 rings (SSSR count). The summed E-state index contributed by atoms with van der Waals surface area (Å²) in [4.78, 5) is 0. The average molecular weight is 439 g/mol. The lowest BCUT2D eigenvalue weighted by molar-refractivity contribution is 0.641. The van der Waals surface area contributed by atoms with E-state index >= 15 is 0 Å². The van der Waals surface area contributed by atoms with Crippen molar-refractivity contribution in [3.8, 4) is 0 Å². The highest BCUT2D eigenvalue weighted by Gasteiger charge is 2.22. The predicted molar refractivity (Wildman–Crippen MR) is 143 cm³/mol. The van der Waals surface area contributed by atoms with Crippen LogP contribution in [0, 0.1) is 0 Å². The quantitative estimate of drug-likeness (QED) is 0.286. The molecule has 0 radical (unpaired) electrons. The second-order valence-electron chi connectivity index (χ2n) is 8.92. The Kier molecular flexibility index (Phi) is 7.29. The molecule has 0 saturated heterocycles. The van der Waals surface area contributed by atoms with Gasteiger partial charge in [-0.15, -0.1) is 0 Å². The molecule has 0 unspecified atom stereocenters. The predicted octanol–water partition coefficient (Wildman–Crippen LogP) is 6.18. The van der Waals surface area contributed by atoms with Crippen LogP contribution in [0.5, 0.6) is 0 Å². The highest BCUT2D eigenvalue weighted by atomic mass is 14.5. The summed E-state index contributed by atoms with van der Waals surface area (Å²) in [5.41, 5.74) is 30.9. The van der Waals surface area contributed by atoms with E-state index in [4.69, 9.17) is 22.9 Å². The van der Waals surface area contributed by atoms with Crippen molar-refractivity contribution in [2.45, 2.75) is 32.1 Å². The van der Waals surface area contributed by atoms with Crippen molar-refractivity contribution in [3.05, 3.63) is 119 Å². The normalized spacial score (nSPS) is 11.0. The Balaban J connectivity index is 0.000000186. The highest BCUT2D eigenvalue weighted by molar-refractivity contribution is 5.48. The molecule has 0 bridgehead atoms. The van der Waals surface area contributed by atoms with Crippen LogP contribution in [0.2, 0.25) is 0 Å². The maximum absolute atomic E-state index is 5.71. The van der Waals surface area contributed by atoms with Crippen LogP contribution >= 0.6 is 0 Å². The van der Waals surface area contributed by atoms with Crippen molar-refractivity contribution < 1.29 is 0 Å². The Morgan fingerprint density at radius 2 is 0.697 bits per heavy atom. The van der Waals surface area contributed by atoms with Gasteiger partial charge in [0.25, 0.3) is 0 Å². The highest BCUT2D eigenvalue weighted by Crippen LogP contribution is 2.32. The van der Waals surface area contributed by atoms with Crippen LogP contribution in [0.25, 0.3) is 0 Å². The molecule has 0 spiro atoms. The molecule has 0 atom stereocenters. The Morgan fingerprint density at radius 1 is 0.455 bits per heavy atom. The molecule has 0 aliphatic carbocycles. The van der Waals surface area contributed by atoms with Crippen LogP contribution in [0.15, 0.2) is 97.1 Å². The molecule has 0 aromatic heterocycles. The first kappa shape index (κ1) is 23.7. The lowest BCUT2D eigenvalue weighted by atomic mass is 9.78. The van der Waals surface area contributed by atoms with E-state index in [0.717, 1.165) is 22.7 Å². The first-order valence-electron chi connectivity index (χ1n) is 11.1. The minimum atomic E-state index is -0.0403. The number of rotatable bonds is 4. The topological polar surface area (TPSA) is 104 Å². The Morgan fingerprint density at radius 3 is 0.970 bits per heavy atom. The third-order valence-corrected chi connectivity index (χ3v) is 6.14. The number of nitrogen functional groups attached to an aromatic ring is 4. The summed E-state index contributed by atoms with van der Waals surface area (Å²) in [6.45, 7) is 6.57. The summed E-state index contributed by atoms with van der Waals surface area (Å²) in [5, 5.41) is 0. The van der Waals surface area contributed by atoms with Gasteiger partial charge < -0.3 is 22.9 Å². The van der Waals surface area contributed by atoms with E-state index in [1.165, 1.54) is 22.3 Å². The molecule has 8 N–H and O–H groups in total. The molecule has 0 aliphatic rings. The van der Waals surface area contributed by atoms with Crippen molar-refractivity contribution >= 4 is 22.7 Å². The van der Waals surface area contributed by atoms with Crippen LogP contribution in [-0.4, -0.2) is 0 Å². The number of hydrogen-bond acceptors (Lipinski definition) is 4. The Hall–Kier alpha value is -3.92. The summed E-state index contributed by atoms with van der Waals surface area (Å²) in [5.74, 6) is 0.362. The van der Waals surface area contributed by atoms with Gasteiger partial charge in [0.1, 0.15) is 0 Å². The number of benzene rings is 4. The van der Waals surface area contributed by atoms with Crippen molar-refractivity contribution in [1.29, 1.82) is 0 Å². The van der Waals surface area contributed by atoms with Crippen molar-refractivity contribution in [2.75, 3.05) is 22.9 Å². The van der Waals surface area contributed by atoms with Crippen LogP contribution in [0.4, 0.5) is 22.7 Å². The number of hydrogen-bond donors (Lipinski definition) is 4. The molecular formula is C29H34N4. The minimum absolute atomic E-state index is 0.0403. The molecule has 0 aliphatic heterocycles. The fourth-order valence-electron chi connectivity index (χ4n) is 3.73. The second kappa shape index (κ2) is 10.1. The molecular weight excluding hydrogens is 404 g/mol. The summed E-state index contributed by atoms with van der Waals surface area (Å²) in [6, 6.07) is 32.1. The first-order chi connectivity index (χ1) is 15.7. The molecule has 170 valence electrons. The van der Waals surface area contributed by atoms with Crippen molar-refractivity contribution in [1.82, 2.24) is 0 Å². The molecule has 0 fully saturated rings. The summed E-state index contributed by atoms with van der Waals surface area (Å²) in [7, 11) is 0. The maximum atomic E-state index is 5.71. The van der Waals surface area contributed by atoms with E-state index < -0.39 is 0 Å². The maximum Gasteiger partial charge on any atom is 0.0314 e. The molecule has 0 heterocycles. The van der Waals surface area contributed by atoms with Gasteiger partial charge in [-0.1, -0.05) is 69.3 Å². The van der Waals surface area contributed by atoms with Gasteiger partial charge in [0.2, 0.25) is 0 Å². The average Bonchev–Trinajstić information content (AvgIpc) is 2.81. The summed E-state index contributed by atoms with van der Waals surface area (Å²) in [6.07, 6.45) is 0. The van der Waals surface area contributed by atoms with Crippen molar-refractivity contribution in [3.63, 3.8) is 0 Å². The molecule has 4 nitrogen and oxygen atoms in total. The van der Waals surface area contributed by atoms with Gasteiger partial charge >= 0.3 is 0 Å². The molecule has 0 amide bonds. The monoisotopic (exact) mass is 438 g/mol. The second-order valence-corrected chi connectivity index (χ2v) is 8.92. The van der Waals surface area contributed by atoms with Crippen LogP contribution in [-0.2, 0) is 5.41 Å². The van der Waals surface area contributed by atoms with Crippen LogP contribution in [0.1, 0.15) is 48.9 Å². The summed E-state index contributed by atoms with van der Waals surface area (Å²) >= 11 is 0. The third-order valence-electron chi connectivity index (χ3n) is 6.14. The Bertz CT molecular complexity index is 1050. The largest absolute Gasteiger partial charge is 0.399 e. The van der Waals surface area contributed by atoms with E-state index in [9.17, 15) is 0 Å². The van der Waals surface area contributed by atoms with Crippen LogP contribution in [0.3, 0.4) is 0 Å². The van der Waals surface area contributed by atoms with Gasteiger partial charge in [0.05, 0.1) is 0 Å². The van der Waals surface area contributed by atoms with E-state index in [1.54, 1.807) is 0 Å². The van der Waals surface area contributed by atoms with Gasteiger partial charge in [-0.2, -0.15) is 0 Å². The van der Waals surface area contributed by atoms with E-state index in [-0.39, 0.29) is 5.41 Å². The van der Waals surface area contributed by atoms with Crippen LogP contribution < -0.4 is 22.9 Å². The lowest BCUT2D eigenvalue weighted by Crippen LogP contribution is -2.18. The first-order valence-corrected chi connectivity index (χ1v) is 11.1. The molecule has 0 saturated carbocycles. The fourth-order valence-corrected chi connectivity index (χ4v) is 3.73. The van der Waals surface area contributed by atoms with E-state index in [2.05, 4.69) is 69.3 Å². The van der Waals surface area contributed by atoms with E-state index in [0.29, 0.717) is 5.92 Å². The number of nitrogens with two attached hydrogens (primary N) is 4. The number of anilines is 4. The SMILES string of the molecule is CC(C)(c1ccc(N)cc1)c1ccc(N)cc1.CC(c1ccc(N)cc1)c1ccc(N)cc1. The zero-order valence-corrected chi connectivity index (χ0v) is 19.6. The standard InChI is InChI=1S/C15H18N2.C14H16N2/c1-15(2,11-3-7-13(16)8-4-11)12-5-9-14(17)10-6-12;1-10(11-2-6-13(15)7-3-11)12-4-8-14(16)9-5-12/h3-10H,16-17H2,1-2H3;2-10H,15-16H2,1H3. The van der Waals surface area contributed by atoms with Gasteiger partial charge in [-0.3, -0.25) is 0 Å². The van der Waals surface area contributed by atoms with Gasteiger partial charge in [-0.25, -0.2) is 0 Å². The van der Waals surface area contributed by atoms with Gasteiger partial charge in [-0.05, 0) is 70.8 Å². The lowest BCUT2D eigenvalue weighted by Gasteiger charge is -2.26. The molecule has 4 aromatic carbocycles. The zero-order valence-electron chi connectivity index (χ0n) is 19.6. The van der Waals surface area contributed by atoms with E-state index in [1.807, 2.05) is 48.5 Å². The smallest absolute Gasteiger partial charge is 0.0314 e.